The van der Waals surface area contributed by atoms with Crippen LogP contribution in [0.3, 0.4) is 0 Å². The lowest BCUT2D eigenvalue weighted by Crippen LogP contribution is -2.18. The first-order valence-corrected chi connectivity index (χ1v) is 5.90. The Balaban J connectivity index is 3.73. The normalized spacial score (nSPS) is 13.7. The minimum Gasteiger partial charge on any atom is -0.385 e. The topological polar surface area (TPSA) is 38.0 Å². The molecule has 0 amide bonds. The van der Waals surface area contributed by atoms with Crippen LogP contribution < -0.4 is 11.1 Å². The first-order chi connectivity index (χ1) is 7.11. The van der Waals surface area contributed by atoms with Gasteiger partial charge in [-0.2, -0.15) is 0 Å². The molecule has 0 bridgehead atoms. The SMILES string of the molecule is C=C(NC/C=C(/C)CC)C(C)CCCN. The summed E-state index contributed by atoms with van der Waals surface area (Å²) in [7, 11) is 0. The lowest BCUT2D eigenvalue weighted by Gasteiger charge is -2.15. The maximum absolute atomic E-state index is 5.48. The van der Waals surface area contributed by atoms with Crippen molar-refractivity contribution in [1.29, 1.82) is 0 Å². The average molecular weight is 210 g/mol. The van der Waals surface area contributed by atoms with Crippen molar-refractivity contribution in [3.8, 4) is 0 Å². The molecule has 15 heavy (non-hydrogen) atoms. The standard InChI is InChI=1S/C13H26N2/c1-5-11(2)8-10-15-13(4)12(3)7-6-9-14/h8,12,15H,4-7,9-10,14H2,1-3H3/b11-8-. The number of nitrogens with one attached hydrogen (secondary N) is 1. The first kappa shape index (κ1) is 14.2. The molecule has 0 aliphatic heterocycles. The monoisotopic (exact) mass is 210 g/mol. The van der Waals surface area contributed by atoms with E-state index in [-0.39, 0.29) is 0 Å². The van der Waals surface area contributed by atoms with Crippen LogP contribution in [-0.2, 0) is 0 Å². The molecule has 0 aromatic heterocycles. The third-order valence-electron chi connectivity index (χ3n) is 2.77. The second kappa shape index (κ2) is 8.54. The van der Waals surface area contributed by atoms with Crippen molar-refractivity contribution in [1.82, 2.24) is 5.32 Å². The quantitative estimate of drug-likeness (QED) is 0.605. The average Bonchev–Trinajstić information content (AvgIpc) is 2.25. The summed E-state index contributed by atoms with van der Waals surface area (Å²) in [5, 5.41) is 3.34. The van der Waals surface area contributed by atoms with Gasteiger partial charge in [0, 0.05) is 12.2 Å². The minimum atomic E-state index is 0.517. The van der Waals surface area contributed by atoms with Crippen molar-refractivity contribution in [2.45, 2.75) is 40.0 Å². The van der Waals surface area contributed by atoms with E-state index < -0.39 is 0 Å². The molecule has 0 spiro atoms. The van der Waals surface area contributed by atoms with E-state index >= 15 is 0 Å². The summed E-state index contributed by atoms with van der Waals surface area (Å²) in [6, 6.07) is 0. The molecule has 0 aromatic carbocycles. The Hall–Kier alpha value is -0.760. The van der Waals surface area contributed by atoms with Crippen LogP contribution in [0.1, 0.15) is 40.0 Å². The fourth-order valence-corrected chi connectivity index (χ4v) is 1.27. The molecule has 0 radical (unpaired) electrons. The zero-order chi connectivity index (χ0) is 11.7. The van der Waals surface area contributed by atoms with Gasteiger partial charge in [0.25, 0.3) is 0 Å². The lowest BCUT2D eigenvalue weighted by molar-refractivity contribution is 0.552. The molecule has 0 fully saturated rings. The Morgan fingerprint density at radius 1 is 1.53 bits per heavy atom. The van der Waals surface area contributed by atoms with Gasteiger partial charge in [-0.25, -0.2) is 0 Å². The molecular formula is C13H26N2. The fraction of sp³-hybridized carbons (Fsp3) is 0.692. The van der Waals surface area contributed by atoms with Crippen LogP contribution in [0.2, 0.25) is 0 Å². The van der Waals surface area contributed by atoms with Gasteiger partial charge >= 0.3 is 0 Å². The van der Waals surface area contributed by atoms with E-state index in [1.165, 1.54) is 5.57 Å². The molecule has 88 valence electrons. The predicted octanol–water partition coefficient (Wildman–Crippen LogP) is 2.82. The van der Waals surface area contributed by atoms with Crippen LogP contribution in [0.5, 0.6) is 0 Å². The van der Waals surface area contributed by atoms with Crippen molar-refractivity contribution in [3.63, 3.8) is 0 Å². The summed E-state index contributed by atoms with van der Waals surface area (Å²) in [6.45, 7) is 12.2. The van der Waals surface area contributed by atoms with Gasteiger partial charge in [-0.1, -0.05) is 32.1 Å². The molecule has 0 rings (SSSR count). The number of nitrogens with two attached hydrogens (primary N) is 1. The summed E-state index contributed by atoms with van der Waals surface area (Å²) in [5.41, 5.74) is 8.02. The van der Waals surface area contributed by atoms with E-state index in [1.807, 2.05) is 0 Å². The van der Waals surface area contributed by atoms with Gasteiger partial charge in [-0.05, 0) is 38.6 Å². The molecular weight excluding hydrogens is 184 g/mol. The van der Waals surface area contributed by atoms with Crippen molar-refractivity contribution in [2.24, 2.45) is 11.7 Å². The Morgan fingerprint density at radius 3 is 2.73 bits per heavy atom. The van der Waals surface area contributed by atoms with Crippen LogP contribution >= 0.6 is 0 Å². The maximum atomic E-state index is 5.48. The summed E-state index contributed by atoms with van der Waals surface area (Å²) >= 11 is 0. The Kier molecular flexibility index (Phi) is 8.11. The fourth-order valence-electron chi connectivity index (χ4n) is 1.27. The summed E-state index contributed by atoms with van der Waals surface area (Å²) in [6.07, 6.45) is 5.54. The van der Waals surface area contributed by atoms with E-state index in [9.17, 15) is 0 Å². The molecule has 0 aromatic rings. The highest BCUT2D eigenvalue weighted by Gasteiger charge is 2.04. The largest absolute Gasteiger partial charge is 0.385 e. The molecule has 0 saturated carbocycles. The van der Waals surface area contributed by atoms with Crippen LogP contribution in [0.25, 0.3) is 0 Å². The van der Waals surface area contributed by atoms with E-state index in [0.29, 0.717) is 5.92 Å². The summed E-state index contributed by atoms with van der Waals surface area (Å²) in [4.78, 5) is 0. The van der Waals surface area contributed by atoms with E-state index in [4.69, 9.17) is 5.73 Å². The van der Waals surface area contributed by atoms with Crippen molar-refractivity contribution >= 4 is 0 Å². The molecule has 0 aliphatic carbocycles. The zero-order valence-corrected chi connectivity index (χ0v) is 10.5. The molecule has 3 N–H and O–H groups in total. The highest BCUT2D eigenvalue weighted by atomic mass is 14.9. The highest BCUT2D eigenvalue weighted by Crippen LogP contribution is 2.11. The molecule has 0 aliphatic rings. The van der Waals surface area contributed by atoms with Crippen molar-refractivity contribution < 1.29 is 0 Å². The van der Waals surface area contributed by atoms with E-state index in [0.717, 1.165) is 38.0 Å². The minimum absolute atomic E-state index is 0.517. The van der Waals surface area contributed by atoms with Gasteiger partial charge < -0.3 is 11.1 Å². The Labute approximate surface area is 94.6 Å². The molecule has 1 unspecified atom stereocenters. The van der Waals surface area contributed by atoms with E-state index in [1.54, 1.807) is 0 Å². The van der Waals surface area contributed by atoms with Crippen LogP contribution in [0, 0.1) is 5.92 Å². The maximum Gasteiger partial charge on any atom is 0.0330 e. The molecule has 0 saturated heterocycles. The van der Waals surface area contributed by atoms with E-state index in [2.05, 4.69) is 38.7 Å². The van der Waals surface area contributed by atoms with Gasteiger partial charge in [-0.3, -0.25) is 0 Å². The molecule has 0 heterocycles. The van der Waals surface area contributed by atoms with Gasteiger partial charge in [0.15, 0.2) is 0 Å². The lowest BCUT2D eigenvalue weighted by atomic mass is 10.0. The summed E-state index contributed by atoms with van der Waals surface area (Å²) < 4.78 is 0. The first-order valence-electron chi connectivity index (χ1n) is 5.90. The van der Waals surface area contributed by atoms with Gasteiger partial charge in [0.2, 0.25) is 0 Å². The van der Waals surface area contributed by atoms with Crippen molar-refractivity contribution in [3.05, 3.63) is 23.9 Å². The number of hydrogen-bond donors (Lipinski definition) is 2. The second-order valence-electron chi connectivity index (χ2n) is 4.14. The number of rotatable bonds is 8. The van der Waals surface area contributed by atoms with Crippen LogP contribution in [-0.4, -0.2) is 13.1 Å². The highest BCUT2D eigenvalue weighted by molar-refractivity contribution is 5.03. The van der Waals surface area contributed by atoms with Gasteiger partial charge in [0.1, 0.15) is 0 Å². The van der Waals surface area contributed by atoms with Gasteiger partial charge in [-0.15, -0.1) is 0 Å². The zero-order valence-electron chi connectivity index (χ0n) is 10.5. The molecule has 2 heteroatoms. The number of allylic oxidation sites excluding steroid dienone is 2. The molecule has 2 nitrogen and oxygen atoms in total. The second-order valence-corrected chi connectivity index (χ2v) is 4.14. The van der Waals surface area contributed by atoms with Crippen molar-refractivity contribution in [2.75, 3.05) is 13.1 Å². The van der Waals surface area contributed by atoms with Gasteiger partial charge in [0.05, 0.1) is 0 Å². The Bertz CT molecular complexity index is 207. The molecule has 1 atom stereocenters. The predicted molar refractivity (Wildman–Crippen MR) is 68.6 cm³/mol. The third-order valence-corrected chi connectivity index (χ3v) is 2.77. The smallest absolute Gasteiger partial charge is 0.0330 e. The van der Waals surface area contributed by atoms with Crippen LogP contribution in [0.4, 0.5) is 0 Å². The summed E-state index contributed by atoms with van der Waals surface area (Å²) in [5.74, 6) is 0.517. The third kappa shape index (κ3) is 7.20. The number of hydrogen-bond acceptors (Lipinski definition) is 2. The van der Waals surface area contributed by atoms with Crippen LogP contribution in [0.15, 0.2) is 23.9 Å². The Morgan fingerprint density at radius 2 is 2.20 bits per heavy atom.